The van der Waals surface area contributed by atoms with Crippen LogP contribution in [0.15, 0.2) is 47.4 Å². The van der Waals surface area contributed by atoms with E-state index in [-0.39, 0.29) is 23.3 Å². The molecule has 2 saturated heterocycles. The van der Waals surface area contributed by atoms with Crippen molar-refractivity contribution in [3.63, 3.8) is 0 Å². The van der Waals surface area contributed by atoms with Crippen LogP contribution in [0.5, 0.6) is 5.75 Å². The van der Waals surface area contributed by atoms with Gasteiger partial charge in [0.25, 0.3) is 5.91 Å². The number of hydrogen-bond donors (Lipinski definition) is 1. The standard InChI is InChI=1S/C26H34N4O5S/c1-19-6-11-23(35-3)24(17-19)36(33,34)30-12-4-5-21(18-30)25(31)27-22-9-7-20(8-10-22)26(32)29-15-13-28(2)14-16-29/h6-11,17,21H,4-5,12-16,18H2,1-3H3,(H,27,31)/t21-/m0/s1. The minimum absolute atomic E-state index is 0.0133. The highest BCUT2D eigenvalue weighted by Crippen LogP contribution is 2.31. The lowest BCUT2D eigenvalue weighted by Crippen LogP contribution is -2.47. The molecule has 10 heteroatoms. The van der Waals surface area contributed by atoms with Crippen LogP contribution in [0.25, 0.3) is 0 Å². The lowest BCUT2D eigenvalue weighted by atomic mass is 9.98. The number of piperidine rings is 1. The summed E-state index contributed by atoms with van der Waals surface area (Å²) in [5.74, 6) is -0.431. The van der Waals surface area contributed by atoms with Gasteiger partial charge in [-0.1, -0.05) is 6.07 Å². The number of aryl methyl sites for hydroxylation is 1. The number of ether oxygens (including phenoxy) is 1. The second kappa shape index (κ2) is 11.0. The summed E-state index contributed by atoms with van der Waals surface area (Å²) in [4.78, 5) is 29.9. The van der Waals surface area contributed by atoms with E-state index in [1.54, 1.807) is 42.5 Å². The summed E-state index contributed by atoms with van der Waals surface area (Å²) >= 11 is 0. The fourth-order valence-electron chi connectivity index (χ4n) is 4.63. The van der Waals surface area contributed by atoms with Crippen LogP contribution in [0.4, 0.5) is 5.69 Å². The monoisotopic (exact) mass is 514 g/mol. The van der Waals surface area contributed by atoms with Gasteiger partial charge in [0.2, 0.25) is 15.9 Å². The molecular weight excluding hydrogens is 480 g/mol. The highest BCUT2D eigenvalue weighted by atomic mass is 32.2. The highest BCUT2D eigenvalue weighted by molar-refractivity contribution is 7.89. The Morgan fingerprint density at radius 1 is 1.00 bits per heavy atom. The smallest absolute Gasteiger partial charge is 0.253 e. The van der Waals surface area contributed by atoms with E-state index in [4.69, 9.17) is 4.74 Å². The van der Waals surface area contributed by atoms with Gasteiger partial charge in [0.05, 0.1) is 13.0 Å². The van der Waals surface area contributed by atoms with E-state index in [2.05, 4.69) is 10.2 Å². The predicted molar refractivity (Wildman–Crippen MR) is 138 cm³/mol. The molecule has 0 aromatic heterocycles. The molecule has 0 unspecified atom stereocenters. The van der Waals surface area contributed by atoms with Crippen molar-refractivity contribution < 1.29 is 22.7 Å². The van der Waals surface area contributed by atoms with Gasteiger partial charge in [-0.3, -0.25) is 9.59 Å². The fraction of sp³-hybridized carbons (Fsp3) is 0.462. The van der Waals surface area contributed by atoms with E-state index < -0.39 is 15.9 Å². The summed E-state index contributed by atoms with van der Waals surface area (Å²) in [6.07, 6.45) is 1.19. The Morgan fingerprint density at radius 3 is 2.36 bits per heavy atom. The summed E-state index contributed by atoms with van der Waals surface area (Å²) in [6.45, 7) is 5.38. The average molecular weight is 515 g/mol. The number of nitrogens with one attached hydrogen (secondary N) is 1. The minimum Gasteiger partial charge on any atom is -0.495 e. The third-order valence-corrected chi connectivity index (χ3v) is 8.77. The molecule has 2 aromatic carbocycles. The average Bonchev–Trinajstić information content (AvgIpc) is 2.89. The van der Waals surface area contributed by atoms with Crippen LogP contribution in [0.3, 0.4) is 0 Å². The first-order valence-electron chi connectivity index (χ1n) is 12.2. The van der Waals surface area contributed by atoms with Gasteiger partial charge < -0.3 is 19.9 Å². The summed E-state index contributed by atoms with van der Waals surface area (Å²) < 4.78 is 33.4. The van der Waals surface area contributed by atoms with E-state index in [0.29, 0.717) is 49.5 Å². The van der Waals surface area contributed by atoms with Crippen molar-refractivity contribution in [1.29, 1.82) is 0 Å². The molecule has 0 radical (unpaired) electrons. The number of carbonyl (C=O) groups is 2. The molecular formula is C26H34N4O5S. The number of amides is 2. The minimum atomic E-state index is -3.81. The number of nitrogens with zero attached hydrogens (tertiary/aromatic N) is 3. The topological polar surface area (TPSA) is 99.3 Å². The van der Waals surface area contributed by atoms with E-state index in [0.717, 1.165) is 18.7 Å². The maximum absolute atomic E-state index is 13.4. The number of anilines is 1. The maximum Gasteiger partial charge on any atom is 0.253 e. The van der Waals surface area contributed by atoms with Gasteiger partial charge in [-0.2, -0.15) is 4.31 Å². The van der Waals surface area contributed by atoms with Crippen LogP contribution in [0.2, 0.25) is 0 Å². The molecule has 0 saturated carbocycles. The largest absolute Gasteiger partial charge is 0.495 e. The van der Waals surface area contributed by atoms with Crippen LogP contribution in [0, 0.1) is 12.8 Å². The van der Waals surface area contributed by atoms with Gasteiger partial charge >= 0.3 is 0 Å². The van der Waals surface area contributed by atoms with E-state index >= 15 is 0 Å². The first kappa shape index (κ1) is 26.1. The van der Waals surface area contributed by atoms with E-state index in [9.17, 15) is 18.0 Å². The lowest BCUT2D eigenvalue weighted by Gasteiger charge is -2.32. The Bertz CT molecular complexity index is 1210. The Morgan fingerprint density at radius 2 is 1.69 bits per heavy atom. The number of likely N-dealkylation sites (N-methyl/N-ethyl adjacent to an activating group) is 1. The molecule has 2 amide bonds. The van der Waals surface area contributed by atoms with Crippen molar-refractivity contribution in [2.24, 2.45) is 5.92 Å². The van der Waals surface area contributed by atoms with Crippen LogP contribution in [0.1, 0.15) is 28.8 Å². The van der Waals surface area contributed by atoms with E-state index in [1.807, 2.05) is 18.9 Å². The molecule has 4 rings (SSSR count). The lowest BCUT2D eigenvalue weighted by molar-refractivity contribution is -0.120. The molecule has 36 heavy (non-hydrogen) atoms. The normalized spacial score (nSPS) is 19.6. The van der Waals surface area contributed by atoms with Crippen molar-refractivity contribution in [3.8, 4) is 5.75 Å². The molecule has 0 aliphatic carbocycles. The van der Waals surface area contributed by atoms with E-state index in [1.165, 1.54) is 11.4 Å². The van der Waals surface area contributed by atoms with Gasteiger partial charge in [-0.25, -0.2) is 8.42 Å². The van der Waals surface area contributed by atoms with Gasteiger partial charge in [0.1, 0.15) is 10.6 Å². The number of piperazine rings is 1. The van der Waals surface area contributed by atoms with Gasteiger partial charge in [0.15, 0.2) is 0 Å². The number of rotatable bonds is 6. The zero-order valence-corrected chi connectivity index (χ0v) is 21.9. The van der Waals surface area contributed by atoms with Crippen LogP contribution < -0.4 is 10.1 Å². The third kappa shape index (κ3) is 5.71. The Hall–Kier alpha value is -2.95. The number of carbonyl (C=O) groups excluding carboxylic acids is 2. The first-order chi connectivity index (χ1) is 17.2. The molecule has 2 fully saturated rings. The number of sulfonamides is 1. The molecule has 1 N–H and O–H groups in total. The van der Waals surface area contributed by atoms with Crippen molar-refractivity contribution in [2.45, 2.75) is 24.7 Å². The van der Waals surface area contributed by atoms with Crippen LogP contribution in [-0.4, -0.2) is 87.8 Å². The first-order valence-corrected chi connectivity index (χ1v) is 13.7. The Balaban J connectivity index is 1.40. The zero-order valence-electron chi connectivity index (χ0n) is 21.1. The molecule has 194 valence electrons. The molecule has 1 atom stereocenters. The van der Waals surface area contributed by atoms with Crippen molar-refractivity contribution in [1.82, 2.24) is 14.1 Å². The maximum atomic E-state index is 13.4. The summed E-state index contributed by atoms with van der Waals surface area (Å²) in [6, 6.07) is 11.9. The van der Waals surface area contributed by atoms with Crippen LogP contribution >= 0.6 is 0 Å². The highest BCUT2D eigenvalue weighted by Gasteiger charge is 2.35. The second-order valence-electron chi connectivity index (χ2n) is 9.52. The fourth-order valence-corrected chi connectivity index (χ4v) is 6.40. The number of benzene rings is 2. The molecule has 9 nitrogen and oxygen atoms in total. The second-order valence-corrected chi connectivity index (χ2v) is 11.4. The number of methoxy groups -OCH3 is 1. The SMILES string of the molecule is COc1ccc(C)cc1S(=O)(=O)N1CCC[C@H](C(=O)Nc2ccc(C(=O)N3CCN(C)CC3)cc2)C1. The molecule has 0 spiro atoms. The van der Waals surface area contributed by atoms with Crippen molar-refractivity contribution in [2.75, 3.05) is 58.7 Å². The molecule has 2 aromatic rings. The Labute approximate surface area is 213 Å². The molecule has 2 heterocycles. The zero-order chi connectivity index (χ0) is 25.9. The quantitative estimate of drug-likeness (QED) is 0.636. The molecule has 2 aliphatic rings. The van der Waals surface area contributed by atoms with Gasteiger partial charge in [-0.15, -0.1) is 0 Å². The van der Waals surface area contributed by atoms with Crippen molar-refractivity contribution >= 4 is 27.5 Å². The number of hydrogen-bond acceptors (Lipinski definition) is 6. The molecule has 0 bridgehead atoms. The van der Waals surface area contributed by atoms with Gasteiger partial charge in [0, 0.05) is 50.5 Å². The third-order valence-electron chi connectivity index (χ3n) is 6.88. The summed E-state index contributed by atoms with van der Waals surface area (Å²) in [5, 5.41) is 2.89. The molecule has 2 aliphatic heterocycles. The summed E-state index contributed by atoms with van der Waals surface area (Å²) in [7, 11) is -0.327. The van der Waals surface area contributed by atoms with Crippen LogP contribution in [-0.2, 0) is 14.8 Å². The van der Waals surface area contributed by atoms with Gasteiger partial charge in [-0.05, 0) is 68.8 Å². The summed E-state index contributed by atoms with van der Waals surface area (Å²) in [5.41, 5.74) is 1.98. The predicted octanol–water partition coefficient (Wildman–Crippen LogP) is 2.43. The van der Waals surface area contributed by atoms with Crippen molar-refractivity contribution in [3.05, 3.63) is 53.6 Å². The Kier molecular flexibility index (Phi) is 7.97.